The van der Waals surface area contributed by atoms with Crippen molar-refractivity contribution in [2.45, 2.75) is 52.9 Å². The average Bonchev–Trinajstić information content (AvgIpc) is 2.93. The van der Waals surface area contributed by atoms with Gasteiger partial charge in [-0.3, -0.25) is 0 Å². The summed E-state index contributed by atoms with van der Waals surface area (Å²) in [4.78, 5) is 2.64. The van der Waals surface area contributed by atoms with Crippen LogP contribution in [-0.4, -0.2) is 24.5 Å². The zero-order valence-corrected chi connectivity index (χ0v) is 10.3. The molecule has 0 aromatic carbocycles. The number of hydrogen-bond acceptors (Lipinski definition) is 1. The molecular formula is C13H27N. The van der Waals surface area contributed by atoms with Gasteiger partial charge in [-0.1, -0.05) is 33.6 Å². The number of unbranched alkanes of at least 4 members (excludes halogenated alkanes) is 1. The fourth-order valence-corrected chi connectivity index (χ4v) is 1.93. The molecule has 0 radical (unpaired) electrons. The Morgan fingerprint density at radius 2 is 1.93 bits per heavy atom. The summed E-state index contributed by atoms with van der Waals surface area (Å²) >= 11 is 0. The molecule has 0 aliphatic heterocycles. The van der Waals surface area contributed by atoms with Crippen LogP contribution in [-0.2, 0) is 0 Å². The third kappa shape index (κ3) is 5.64. The second kappa shape index (κ2) is 6.44. The summed E-state index contributed by atoms with van der Waals surface area (Å²) in [5, 5.41) is 0. The van der Waals surface area contributed by atoms with Gasteiger partial charge in [0.05, 0.1) is 0 Å². The molecule has 1 rings (SSSR count). The molecule has 0 saturated heterocycles. The van der Waals surface area contributed by atoms with E-state index in [0.717, 1.165) is 11.8 Å². The molecule has 0 aromatic heterocycles. The van der Waals surface area contributed by atoms with Gasteiger partial charge < -0.3 is 4.90 Å². The highest BCUT2D eigenvalue weighted by molar-refractivity contribution is 4.76. The molecule has 1 fully saturated rings. The first-order chi connectivity index (χ1) is 6.72. The van der Waals surface area contributed by atoms with Crippen LogP contribution in [0.4, 0.5) is 0 Å². The van der Waals surface area contributed by atoms with Crippen LogP contribution in [0.1, 0.15) is 52.9 Å². The molecule has 1 heteroatoms. The molecule has 0 spiro atoms. The minimum absolute atomic E-state index is 0.883. The van der Waals surface area contributed by atoms with Crippen LogP contribution in [0.25, 0.3) is 0 Å². The van der Waals surface area contributed by atoms with Gasteiger partial charge >= 0.3 is 0 Å². The molecule has 0 N–H and O–H groups in total. The van der Waals surface area contributed by atoms with E-state index in [1.807, 2.05) is 0 Å². The molecule has 1 saturated carbocycles. The van der Waals surface area contributed by atoms with Gasteiger partial charge in [0.15, 0.2) is 0 Å². The zero-order valence-electron chi connectivity index (χ0n) is 10.3. The van der Waals surface area contributed by atoms with Crippen LogP contribution >= 0.6 is 0 Å². The highest BCUT2D eigenvalue weighted by Crippen LogP contribution is 2.29. The SMILES string of the molecule is CCN(CCCCC(C)C)CC1CC1. The molecular weight excluding hydrogens is 170 g/mol. The van der Waals surface area contributed by atoms with E-state index in [1.165, 1.54) is 51.7 Å². The topological polar surface area (TPSA) is 3.24 Å². The Kier molecular flexibility index (Phi) is 5.54. The first kappa shape index (κ1) is 12.0. The van der Waals surface area contributed by atoms with Gasteiger partial charge in [-0.2, -0.15) is 0 Å². The molecule has 0 unspecified atom stereocenters. The van der Waals surface area contributed by atoms with Crippen LogP contribution in [0.15, 0.2) is 0 Å². The molecule has 1 aliphatic rings. The molecule has 0 bridgehead atoms. The molecule has 0 amide bonds. The Labute approximate surface area is 89.9 Å². The lowest BCUT2D eigenvalue weighted by Crippen LogP contribution is -2.26. The van der Waals surface area contributed by atoms with Gasteiger partial charge in [0.25, 0.3) is 0 Å². The first-order valence-corrected chi connectivity index (χ1v) is 6.44. The fourth-order valence-electron chi connectivity index (χ4n) is 1.93. The van der Waals surface area contributed by atoms with Crippen molar-refractivity contribution in [3.63, 3.8) is 0 Å². The van der Waals surface area contributed by atoms with Gasteiger partial charge in [0.2, 0.25) is 0 Å². The summed E-state index contributed by atoms with van der Waals surface area (Å²) in [5.41, 5.74) is 0. The number of rotatable bonds is 8. The molecule has 0 atom stereocenters. The predicted molar refractivity (Wildman–Crippen MR) is 63.5 cm³/mol. The number of nitrogens with zero attached hydrogens (tertiary/aromatic N) is 1. The Morgan fingerprint density at radius 1 is 1.21 bits per heavy atom. The summed E-state index contributed by atoms with van der Waals surface area (Å²) in [6.07, 6.45) is 7.20. The van der Waals surface area contributed by atoms with E-state index in [-0.39, 0.29) is 0 Å². The Morgan fingerprint density at radius 3 is 2.43 bits per heavy atom. The van der Waals surface area contributed by atoms with Crippen molar-refractivity contribution >= 4 is 0 Å². The molecule has 1 aliphatic carbocycles. The minimum Gasteiger partial charge on any atom is -0.303 e. The number of hydrogen-bond donors (Lipinski definition) is 0. The van der Waals surface area contributed by atoms with E-state index in [2.05, 4.69) is 25.7 Å². The third-order valence-corrected chi connectivity index (χ3v) is 3.17. The summed E-state index contributed by atoms with van der Waals surface area (Å²) in [6, 6.07) is 0. The normalized spacial score (nSPS) is 16.9. The summed E-state index contributed by atoms with van der Waals surface area (Å²) in [5.74, 6) is 1.94. The van der Waals surface area contributed by atoms with Crippen molar-refractivity contribution in [3.8, 4) is 0 Å². The lowest BCUT2D eigenvalue weighted by molar-refractivity contribution is 0.268. The summed E-state index contributed by atoms with van der Waals surface area (Å²) in [7, 11) is 0. The van der Waals surface area contributed by atoms with Gasteiger partial charge in [-0.05, 0) is 44.2 Å². The third-order valence-electron chi connectivity index (χ3n) is 3.17. The Bertz CT molecular complexity index is 138. The first-order valence-electron chi connectivity index (χ1n) is 6.44. The van der Waals surface area contributed by atoms with Crippen molar-refractivity contribution in [1.82, 2.24) is 4.90 Å². The average molecular weight is 197 g/mol. The van der Waals surface area contributed by atoms with Gasteiger partial charge in [0.1, 0.15) is 0 Å². The zero-order chi connectivity index (χ0) is 10.4. The smallest absolute Gasteiger partial charge is 0.000954 e. The summed E-state index contributed by atoms with van der Waals surface area (Å²) in [6.45, 7) is 10.9. The second-order valence-corrected chi connectivity index (χ2v) is 5.23. The van der Waals surface area contributed by atoms with Crippen LogP contribution < -0.4 is 0 Å². The van der Waals surface area contributed by atoms with Crippen molar-refractivity contribution in [2.75, 3.05) is 19.6 Å². The van der Waals surface area contributed by atoms with E-state index >= 15 is 0 Å². The molecule has 1 nitrogen and oxygen atoms in total. The lowest BCUT2D eigenvalue weighted by Gasteiger charge is -2.20. The molecule has 0 heterocycles. The highest BCUT2D eigenvalue weighted by Gasteiger charge is 2.23. The Hall–Kier alpha value is -0.0400. The maximum Gasteiger partial charge on any atom is 0.000954 e. The molecule has 0 aromatic rings. The van der Waals surface area contributed by atoms with Gasteiger partial charge in [0, 0.05) is 6.54 Å². The second-order valence-electron chi connectivity index (χ2n) is 5.23. The van der Waals surface area contributed by atoms with E-state index in [4.69, 9.17) is 0 Å². The maximum absolute atomic E-state index is 2.64. The monoisotopic (exact) mass is 197 g/mol. The van der Waals surface area contributed by atoms with Gasteiger partial charge in [-0.15, -0.1) is 0 Å². The maximum atomic E-state index is 2.64. The van der Waals surface area contributed by atoms with E-state index in [9.17, 15) is 0 Å². The van der Waals surface area contributed by atoms with Crippen LogP contribution in [0.5, 0.6) is 0 Å². The van der Waals surface area contributed by atoms with Crippen molar-refractivity contribution in [1.29, 1.82) is 0 Å². The van der Waals surface area contributed by atoms with Crippen molar-refractivity contribution in [2.24, 2.45) is 11.8 Å². The fraction of sp³-hybridized carbons (Fsp3) is 1.00. The quantitative estimate of drug-likeness (QED) is 0.538. The van der Waals surface area contributed by atoms with E-state index < -0.39 is 0 Å². The Balaban J connectivity index is 1.96. The van der Waals surface area contributed by atoms with Crippen LogP contribution in [0.3, 0.4) is 0 Å². The minimum atomic E-state index is 0.883. The van der Waals surface area contributed by atoms with Crippen LogP contribution in [0.2, 0.25) is 0 Å². The molecule has 14 heavy (non-hydrogen) atoms. The van der Waals surface area contributed by atoms with Gasteiger partial charge in [-0.25, -0.2) is 0 Å². The molecule has 84 valence electrons. The van der Waals surface area contributed by atoms with E-state index in [1.54, 1.807) is 0 Å². The summed E-state index contributed by atoms with van der Waals surface area (Å²) < 4.78 is 0. The van der Waals surface area contributed by atoms with Crippen molar-refractivity contribution < 1.29 is 0 Å². The van der Waals surface area contributed by atoms with E-state index in [0.29, 0.717) is 0 Å². The lowest BCUT2D eigenvalue weighted by atomic mass is 10.1. The standard InChI is InChI=1S/C13H27N/c1-4-14(11-13-8-9-13)10-6-5-7-12(2)3/h12-13H,4-11H2,1-3H3. The highest BCUT2D eigenvalue weighted by atomic mass is 15.1. The van der Waals surface area contributed by atoms with Crippen LogP contribution in [0, 0.1) is 11.8 Å². The largest absolute Gasteiger partial charge is 0.303 e. The predicted octanol–water partition coefficient (Wildman–Crippen LogP) is 3.54. The van der Waals surface area contributed by atoms with Crippen molar-refractivity contribution in [3.05, 3.63) is 0 Å².